The number of amides is 1. The van der Waals surface area contributed by atoms with Crippen molar-refractivity contribution in [3.05, 3.63) is 25.3 Å². The van der Waals surface area contributed by atoms with E-state index in [1.807, 2.05) is 14.0 Å². The lowest BCUT2D eigenvalue weighted by Gasteiger charge is -2.23. The molecular formula is C11H20N2O. The zero-order valence-electron chi connectivity index (χ0n) is 9.12. The zero-order valence-corrected chi connectivity index (χ0v) is 9.12. The van der Waals surface area contributed by atoms with Crippen molar-refractivity contribution < 1.29 is 4.79 Å². The van der Waals surface area contributed by atoms with Crippen LogP contribution >= 0.6 is 0 Å². The SMILES string of the molecule is C=CCN(CC=C)C(=O)C(C)CNC. The first-order valence-corrected chi connectivity index (χ1v) is 4.82. The van der Waals surface area contributed by atoms with Crippen LogP contribution < -0.4 is 5.32 Å². The van der Waals surface area contributed by atoms with E-state index in [1.54, 1.807) is 17.1 Å². The highest BCUT2D eigenvalue weighted by Crippen LogP contribution is 2.01. The van der Waals surface area contributed by atoms with Gasteiger partial charge in [0.15, 0.2) is 0 Å². The lowest BCUT2D eigenvalue weighted by Crippen LogP contribution is -2.38. The average Bonchev–Trinajstić information content (AvgIpc) is 2.17. The Morgan fingerprint density at radius 1 is 1.43 bits per heavy atom. The van der Waals surface area contributed by atoms with Crippen LogP contribution in [0, 0.1) is 5.92 Å². The van der Waals surface area contributed by atoms with Crippen molar-refractivity contribution in [1.82, 2.24) is 10.2 Å². The van der Waals surface area contributed by atoms with Gasteiger partial charge in [0, 0.05) is 25.6 Å². The molecule has 3 nitrogen and oxygen atoms in total. The minimum absolute atomic E-state index is 0.0000926. The number of nitrogens with zero attached hydrogens (tertiary/aromatic N) is 1. The topological polar surface area (TPSA) is 32.3 Å². The predicted octanol–water partition coefficient (Wildman–Crippen LogP) is 1.04. The predicted molar refractivity (Wildman–Crippen MR) is 60.1 cm³/mol. The third-order valence-corrected chi connectivity index (χ3v) is 1.94. The molecular weight excluding hydrogens is 176 g/mol. The molecule has 14 heavy (non-hydrogen) atoms. The van der Waals surface area contributed by atoms with E-state index in [4.69, 9.17) is 0 Å². The summed E-state index contributed by atoms with van der Waals surface area (Å²) in [5.74, 6) is 0.138. The van der Waals surface area contributed by atoms with Crippen LogP contribution in [0.25, 0.3) is 0 Å². The van der Waals surface area contributed by atoms with Crippen LogP contribution in [0.15, 0.2) is 25.3 Å². The summed E-state index contributed by atoms with van der Waals surface area (Å²) in [7, 11) is 1.84. The van der Waals surface area contributed by atoms with Crippen molar-refractivity contribution in [3.8, 4) is 0 Å². The monoisotopic (exact) mass is 196 g/mol. The van der Waals surface area contributed by atoms with Crippen LogP contribution in [0.2, 0.25) is 0 Å². The highest BCUT2D eigenvalue weighted by Gasteiger charge is 2.17. The number of carbonyl (C=O) groups is 1. The fourth-order valence-electron chi connectivity index (χ4n) is 1.27. The van der Waals surface area contributed by atoms with E-state index >= 15 is 0 Å². The van der Waals surface area contributed by atoms with E-state index in [2.05, 4.69) is 18.5 Å². The molecule has 0 aliphatic heterocycles. The van der Waals surface area contributed by atoms with E-state index in [0.29, 0.717) is 19.6 Å². The van der Waals surface area contributed by atoms with E-state index in [0.717, 1.165) is 0 Å². The molecule has 0 spiro atoms. The first-order chi connectivity index (χ1) is 6.67. The second kappa shape index (κ2) is 7.33. The molecule has 0 fully saturated rings. The molecule has 0 bridgehead atoms. The molecule has 0 aromatic rings. The van der Waals surface area contributed by atoms with Crippen LogP contribution in [0.4, 0.5) is 0 Å². The zero-order chi connectivity index (χ0) is 11.0. The van der Waals surface area contributed by atoms with Crippen LogP contribution in [-0.2, 0) is 4.79 Å². The van der Waals surface area contributed by atoms with E-state index in [1.165, 1.54) is 0 Å². The van der Waals surface area contributed by atoms with Gasteiger partial charge in [0.05, 0.1) is 0 Å². The average molecular weight is 196 g/mol. The first kappa shape index (κ1) is 12.9. The maximum absolute atomic E-state index is 11.8. The Hall–Kier alpha value is -1.09. The van der Waals surface area contributed by atoms with Crippen molar-refractivity contribution in [2.75, 3.05) is 26.7 Å². The van der Waals surface area contributed by atoms with Crippen molar-refractivity contribution >= 4 is 5.91 Å². The van der Waals surface area contributed by atoms with Crippen LogP contribution in [0.5, 0.6) is 0 Å². The van der Waals surface area contributed by atoms with E-state index in [9.17, 15) is 4.79 Å². The lowest BCUT2D eigenvalue weighted by atomic mass is 10.1. The normalized spacial score (nSPS) is 11.9. The summed E-state index contributed by atoms with van der Waals surface area (Å²) in [6, 6.07) is 0. The molecule has 1 N–H and O–H groups in total. The highest BCUT2D eigenvalue weighted by atomic mass is 16.2. The number of rotatable bonds is 7. The van der Waals surface area contributed by atoms with Crippen LogP contribution in [0.1, 0.15) is 6.92 Å². The third kappa shape index (κ3) is 4.23. The minimum atomic E-state index is -0.0000926. The number of hydrogen-bond donors (Lipinski definition) is 1. The number of nitrogens with one attached hydrogen (secondary N) is 1. The Labute approximate surface area is 86.5 Å². The molecule has 1 amide bonds. The van der Waals surface area contributed by atoms with Crippen LogP contribution in [0.3, 0.4) is 0 Å². The van der Waals surface area contributed by atoms with Gasteiger partial charge in [0.2, 0.25) is 5.91 Å². The summed E-state index contributed by atoms with van der Waals surface area (Å²) in [4.78, 5) is 13.5. The van der Waals surface area contributed by atoms with Gasteiger partial charge in [0.25, 0.3) is 0 Å². The smallest absolute Gasteiger partial charge is 0.227 e. The number of hydrogen-bond acceptors (Lipinski definition) is 2. The molecule has 1 atom stereocenters. The lowest BCUT2D eigenvalue weighted by molar-refractivity contribution is -0.133. The van der Waals surface area contributed by atoms with Crippen LogP contribution in [-0.4, -0.2) is 37.5 Å². The molecule has 0 saturated heterocycles. The molecule has 0 radical (unpaired) electrons. The number of carbonyl (C=O) groups excluding carboxylic acids is 1. The second-order valence-electron chi connectivity index (χ2n) is 3.28. The van der Waals surface area contributed by atoms with Gasteiger partial charge in [0.1, 0.15) is 0 Å². The van der Waals surface area contributed by atoms with Crippen molar-refractivity contribution in [2.45, 2.75) is 6.92 Å². The molecule has 3 heteroatoms. The summed E-state index contributed by atoms with van der Waals surface area (Å²) in [6.45, 7) is 11.0. The molecule has 0 rings (SSSR count). The fraction of sp³-hybridized carbons (Fsp3) is 0.545. The molecule has 0 aliphatic rings. The van der Waals surface area contributed by atoms with Gasteiger partial charge in [-0.25, -0.2) is 0 Å². The molecule has 0 aliphatic carbocycles. The summed E-state index contributed by atoms with van der Waals surface area (Å²) in [6.07, 6.45) is 3.46. The third-order valence-electron chi connectivity index (χ3n) is 1.94. The largest absolute Gasteiger partial charge is 0.335 e. The van der Waals surface area contributed by atoms with Crippen molar-refractivity contribution in [1.29, 1.82) is 0 Å². The van der Waals surface area contributed by atoms with Crippen molar-refractivity contribution in [3.63, 3.8) is 0 Å². The molecule has 80 valence electrons. The summed E-state index contributed by atoms with van der Waals surface area (Å²) in [5, 5.41) is 2.99. The first-order valence-electron chi connectivity index (χ1n) is 4.82. The summed E-state index contributed by atoms with van der Waals surface area (Å²) in [5.41, 5.74) is 0. The summed E-state index contributed by atoms with van der Waals surface area (Å²) < 4.78 is 0. The fourth-order valence-corrected chi connectivity index (χ4v) is 1.27. The van der Waals surface area contributed by atoms with E-state index < -0.39 is 0 Å². The van der Waals surface area contributed by atoms with Crippen molar-refractivity contribution in [2.24, 2.45) is 5.92 Å². The van der Waals surface area contributed by atoms with Gasteiger partial charge >= 0.3 is 0 Å². The maximum atomic E-state index is 11.8. The minimum Gasteiger partial charge on any atom is -0.335 e. The van der Waals surface area contributed by atoms with Gasteiger partial charge in [-0.05, 0) is 7.05 Å². The van der Waals surface area contributed by atoms with Gasteiger partial charge in [-0.2, -0.15) is 0 Å². The Bertz CT molecular complexity index is 191. The Balaban J connectivity index is 4.25. The van der Waals surface area contributed by atoms with Gasteiger partial charge in [-0.1, -0.05) is 19.1 Å². The standard InChI is InChI=1S/C11H20N2O/c1-5-7-13(8-6-2)11(14)10(3)9-12-4/h5-6,10,12H,1-2,7-9H2,3-4H3. The van der Waals surface area contributed by atoms with E-state index in [-0.39, 0.29) is 11.8 Å². The maximum Gasteiger partial charge on any atom is 0.227 e. The quantitative estimate of drug-likeness (QED) is 0.617. The molecule has 0 aromatic heterocycles. The Kier molecular flexibility index (Phi) is 6.76. The highest BCUT2D eigenvalue weighted by molar-refractivity contribution is 5.79. The van der Waals surface area contributed by atoms with Gasteiger partial charge in [-0.15, -0.1) is 13.2 Å². The van der Waals surface area contributed by atoms with Gasteiger partial charge in [-0.3, -0.25) is 4.79 Å². The molecule has 0 heterocycles. The molecule has 0 saturated carbocycles. The molecule has 0 aromatic carbocycles. The summed E-state index contributed by atoms with van der Waals surface area (Å²) >= 11 is 0. The Morgan fingerprint density at radius 3 is 2.29 bits per heavy atom. The molecule has 1 unspecified atom stereocenters. The van der Waals surface area contributed by atoms with Gasteiger partial charge < -0.3 is 10.2 Å². The Morgan fingerprint density at radius 2 is 1.93 bits per heavy atom. The second-order valence-corrected chi connectivity index (χ2v) is 3.28.